The second-order valence-corrected chi connectivity index (χ2v) is 4.44. The lowest BCUT2D eigenvalue weighted by atomic mass is 10.1. The predicted octanol–water partition coefficient (Wildman–Crippen LogP) is 0.678. The van der Waals surface area contributed by atoms with Crippen molar-refractivity contribution in [3.8, 4) is 0 Å². The highest BCUT2D eigenvalue weighted by Crippen LogP contribution is 2.15. The third-order valence-electron chi connectivity index (χ3n) is 2.96. The van der Waals surface area contributed by atoms with Crippen molar-refractivity contribution in [3.63, 3.8) is 0 Å². The molecule has 0 aliphatic carbocycles. The van der Waals surface area contributed by atoms with E-state index in [0.29, 0.717) is 5.69 Å². The number of benzene rings is 1. The van der Waals surface area contributed by atoms with Crippen molar-refractivity contribution in [2.24, 2.45) is 4.99 Å². The summed E-state index contributed by atoms with van der Waals surface area (Å²) in [5.41, 5.74) is 1.52. The standard InChI is InChI=1S/C15H17N3O4/c1-21-13(19)9-12(15(20)22-2)18-11-5-3-4-10(8-11)14-16-6-7-17-14/h3-5,8-9,18H,6-7H2,1-2H3,(H,16,17)/b12-9+. The van der Waals surface area contributed by atoms with Crippen LogP contribution in [0.3, 0.4) is 0 Å². The third-order valence-corrected chi connectivity index (χ3v) is 2.96. The molecule has 1 aliphatic heterocycles. The summed E-state index contributed by atoms with van der Waals surface area (Å²) >= 11 is 0. The van der Waals surface area contributed by atoms with Crippen LogP contribution in [0.1, 0.15) is 5.56 Å². The van der Waals surface area contributed by atoms with E-state index in [0.717, 1.165) is 30.6 Å². The molecule has 2 N–H and O–H groups in total. The second-order valence-electron chi connectivity index (χ2n) is 4.44. The molecule has 0 spiro atoms. The summed E-state index contributed by atoms with van der Waals surface area (Å²) in [5, 5.41) is 6.03. The van der Waals surface area contributed by atoms with Crippen LogP contribution >= 0.6 is 0 Å². The van der Waals surface area contributed by atoms with Crippen molar-refractivity contribution < 1.29 is 19.1 Å². The highest BCUT2D eigenvalue weighted by molar-refractivity contribution is 6.01. The summed E-state index contributed by atoms with van der Waals surface area (Å²) in [6.45, 7) is 1.55. The first-order chi connectivity index (χ1) is 10.6. The Morgan fingerprint density at radius 2 is 2.14 bits per heavy atom. The van der Waals surface area contributed by atoms with Gasteiger partial charge in [0.2, 0.25) is 0 Å². The molecule has 0 unspecified atom stereocenters. The summed E-state index contributed by atoms with van der Waals surface area (Å²) in [4.78, 5) is 27.4. The van der Waals surface area contributed by atoms with Crippen LogP contribution in [-0.4, -0.2) is 45.1 Å². The van der Waals surface area contributed by atoms with E-state index in [-0.39, 0.29) is 5.70 Å². The van der Waals surface area contributed by atoms with E-state index in [2.05, 4.69) is 25.1 Å². The van der Waals surface area contributed by atoms with Gasteiger partial charge in [0.05, 0.1) is 26.8 Å². The van der Waals surface area contributed by atoms with E-state index in [4.69, 9.17) is 0 Å². The molecule has 7 nitrogen and oxygen atoms in total. The lowest BCUT2D eigenvalue weighted by molar-refractivity contribution is -0.138. The Hall–Kier alpha value is -2.83. The molecule has 0 aromatic heterocycles. The SMILES string of the molecule is COC(=O)/C=C(/Nc1cccc(C2=NCCN2)c1)C(=O)OC. The molecule has 0 saturated heterocycles. The van der Waals surface area contributed by atoms with E-state index in [1.165, 1.54) is 14.2 Å². The molecule has 0 amide bonds. The Morgan fingerprint density at radius 3 is 2.77 bits per heavy atom. The Labute approximate surface area is 128 Å². The minimum Gasteiger partial charge on any atom is -0.466 e. The van der Waals surface area contributed by atoms with Crippen LogP contribution in [0.25, 0.3) is 0 Å². The van der Waals surface area contributed by atoms with Gasteiger partial charge in [0.25, 0.3) is 0 Å². The first kappa shape index (κ1) is 15.6. The van der Waals surface area contributed by atoms with Gasteiger partial charge in [0.1, 0.15) is 11.5 Å². The van der Waals surface area contributed by atoms with Crippen LogP contribution in [0.4, 0.5) is 5.69 Å². The monoisotopic (exact) mass is 303 g/mol. The summed E-state index contributed by atoms with van der Waals surface area (Å²) < 4.78 is 9.17. The van der Waals surface area contributed by atoms with E-state index in [1.807, 2.05) is 18.2 Å². The maximum absolute atomic E-state index is 11.7. The molecular formula is C15H17N3O4. The van der Waals surface area contributed by atoms with Gasteiger partial charge >= 0.3 is 11.9 Å². The number of carbonyl (C=O) groups excluding carboxylic acids is 2. The zero-order chi connectivity index (χ0) is 15.9. The summed E-state index contributed by atoms with van der Waals surface area (Å²) in [7, 11) is 2.47. The first-order valence-electron chi connectivity index (χ1n) is 6.68. The molecule has 0 fully saturated rings. The molecule has 1 aromatic rings. The van der Waals surface area contributed by atoms with Gasteiger partial charge in [-0.3, -0.25) is 4.99 Å². The number of hydrogen-bond donors (Lipinski definition) is 2. The van der Waals surface area contributed by atoms with Crippen LogP contribution < -0.4 is 10.6 Å². The van der Waals surface area contributed by atoms with E-state index < -0.39 is 11.9 Å². The van der Waals surface area contributed by atoms with Crippen molar-refractivity contribution in [3.05, 3.63) is 41.6 Å². The second kappa shape index (κ2) is 7.26. The number of rotatable bonds is 5. The minimum absolute atomic E-state index is 0.00665. The van der Waals surface area contributed by atoms with E-state index in [9.17, 15) is 9.59 Å². The number of anilines is 1. The topological polar surface area (TPSA) is 89.0 Å². The number of ether oxygens (including phenoxy) is 2. The van der Waals surface area contributed by atoms with Crippen LogP contribution in [0.2, 0.25) is 0 Å². The maximum atomic E-state index is 11.7. The quantitative estimate of drug-likeness (QED) is 0.614. The number of methoxy groups -OCH3 is 2. The van der Waals surface area contributed by atoms with Crippen LogP contribution in [0.5, 0.6) is 0 Å². The normalized spacial score (nSPS) is 13.9. The predicted molar refractivity (Wildman–Crippen MR) is 81.6 cm³/mol. The number of amidine groups is 1. The Bertz CT molecular complexity index is 637. The zero-order valence-corrected chi connectivity index (χ0v) is 12.4. The molecule has 22 heavy (non-hydrogen) atoms. The molecular weight excluding hydrogens is 286 g/mol. The smallest absolute Gasteiger partial charge is 0.354 e. The van der Waals surface area contributed by atoms with Gasteiger partial charge < -0.3 is 20.1 Å². The lowest BCUT2D eigenvalue weighted by Crippen LogP contribution is -2.20. The molecule has 1 aliphatic rings. The average Bonchev–Trinajstić information content (AvgIpc) is 3.08. The van der Waals surface area contributed by atoms with E-state index in [1.54, 1.807) is 6.07 Å². The fraction of sp³-hybridized carbons (Fsp3) is 0.267. The van der Waals surface area contributed by atoms with Crippen molar-refractivity contribution in [1.29, 1.82) is 0 Å². The van der Waals surface area contributed by atoms with Gasteiger partial charge in [-0.15, -0.1) is 0 Å². The van der Waals surface area contributed by atoms with Crippen molar-refractivity contribution >= 4 is 23.5 Å². The number of aliphatic imine (C=N–C) groups is 1. The molecule has 1 heterocycles. The van der Waals surface area contributed by atoms with Crippen LogP contribution in [0, 0.1) is 0 Å². The molecule has 2 rings (SSSR count). The zero-order valence-electron chi connectivity index (χ0n) is 12.4. The van der Waals surface area contributed by atoms with Crippen molar-refractivity contribution in [2.75, 3.05) is 32.6 Å². The number of nitrogens with one attached hydrogen (secondary N) is 2. The molecule has 0 atom stereocenters. The third kappa shape index (κ3) is 3.85. The minimum atomic E-state index is -0.660. The first-order valence-corrected chi connectivity index (χ1v) is 6.68. The van der Waals surface area contributed by atoms with Gasteiger partial charge in [-0.1, -0.05) is 12.1 Å². The van der Waals surface area contributed by atoms with Crippen LogP contribution in [0.15, 0.2) is 41.0 Å². The van der Waals surface area contributed by atoms with Gasteiger partial charge in [0, 0.05) is 17.8 Å². The molecule has 0 saturated carbocycles. The van der Waals surface area contributed by atoms with Gasteiger partial charge in [-0.2, -0.15) is 0 Å². The fourth-order valence-corrected chi connectivity index (χ4v) is 1.92. The Kier molecular flexibility index (Phi) is 5.13. The number of nitrogens with zero attached hydrogens (tertiary/aromatic N) is 1. The van der Waals surface area contributed by atoms with Gasteiger partial charge in [-0.25, -0.2) is 9.59 Å². The van der Waals surface area contributed by atoms with Gasteiger partial charge in [-0.05, 0) is 12.1 Å². The highest BCUT2D eigenvalue weighted by atomic mass is 16.5. The van der Waals surface area contributed by atoms with Crippen molar-refractivity contribution in [2.45, 2.75) is 0 Å². The number of carbonyl (C=O) groups is 2. The molecule has 0 bridgehead atoms. The summed E-state index contributed by atoms with van der Waals surface area (Å²) in [5.74, 6) is -0.502. The fourth-order valence-electron chi connectivity index (χ4n) is 1.92. The molecule has 1 aromatic carbocycles. The number of hydrogen-bond acceptors (Lipinski definition) is 7. The molecule has 116 valence electrons. The molecule has 0 radical (unpaired) electrons. The largest absolute Gasteiger partial charge is 0.466 e. The Morgan fingerprint density at radius 1 is 1.32 bits per heavy atom. The number of esters is 2. The van der Waals surface area contributed by atoms with Gasteiger partial charge in [0.15, 0.2) is 0 Å². The average molecular weight is 303 g/mol. The van der Waals surface area contributed by atoms with E-state index >= 15 is 0 Å². The highest BCUT2D eigenvalue weighted by Gasteiger charge is 2.14. The van der Waals surface area contributed by atoms with Crippen molar-refractivity contribution in [1.82, 2.24) is 5.32 Å². The molecule has 7 heteroatoms. The van der Waals surface area contributed by atoms with Crippen LogP contribution in [-0.2, 0) is 19.1 Å². The Balaban J connectivity index is 2.22. The maximum Gasteiger partial charge on any atom is 0.354 e. The lowest BCUT2D eigenvalue weighted by Gasteiger charge is -2.10. The summed E-state index contributed by atoms with van der Waals surface area (Å²) in [6, 6.07) is 7.33. The summed E-state index contributed by atoms with van der Waals surface area (Å²) in [6.07, 6.45) is 1.05.